The van der Waals surface area contributed by atoms with E-state index < -0.39 is 0 Å². The van der Waals surface area contributed by atoms with Crippen molar-refractivity contribution < 1.29 is 14.3 Å². The molecule has 4 rings (SSSR count). The third kappa shape index (κ3) is 4.20. The van der Waals surface area contributed by atoms with Crippen molar-refractivity contribution in [1.29, 1.82) is 0 Å². The van der Waals surface area contributed by atoms with Crippen LogP contribution in [0.3, 0.4) is 0 Å². The van der Waals surface area contributed by atoms with Crippen LogP contribution in [0.1, 0.15) is 23.1 Å². The number of carbonyl (C=O) groups excluding carboxylic acids is 1. The molecule has 144 valence electrons. The van der Waals surface area contributed by atoms with Gasteiger partial charge in [0.2, 0.25) is 0 Å². The Bertz CT molecular complexity index is 1010. The summed E-state index contributed by atoms with van der Waals surface area (Å²) in [6.07, 6.45) is 2.07. The monoisotopic (exact) mass is 393 g/mol. The summed E-state index contributed by atoms with van der Waals surface area (Å²) in [5, 5.41) is 5.81. The third-order valence-corrected chi connectivity index (χ3v) is 5.67. The second kappa shape index (κ2) is 8.07. The number of fused-ring (bicyclic) bond motifs is 1. The maximum Gasteiger partial charge on any atom is 0.262 e. The Morgan fingerprint density at radius 3 is 2.96 bits per heavy atom. The fourth-order valence-electron chi connectivity index (χ4n) is 3.32. The van der Waals surface area contributed by atoms with Crippen molar-refractivity contribution in [3.05, 3.63) is 64.5 Å². The molecule has 1 amide bonds. The Kier molecular flexibility index (Phi) is 5.35. The van der Waals surface area contributed by atoms with E-state index in [0.717, 1.165) is 35.8 Å². The largest absolute Gasteiger partial charge is 0.493 e. The standard InChI is InChI=1S/C23H23NO3S/c1-15-5-6-16(2)20(10-15)18-11-23(28-14-18)24-22(25)13-27-19-8-7-17-4-3-9-26-21(17)12-19/h5-8,10-12,14H,3-4,9,13H2,1-2H3,(H,24,25). The number of rotatable bonds is 5. The number of amides is 1. The highest BCUT2D eigenvalue weighted by atomic mass is 32.1. The Hall–Kier alpha value is -2.79. The quantitative estimate of drug-likeness (QED) is 0.633. The average molecular weight is 394 g/mol. The highest BCUT2D eigenvalue weighted by Crippen LogP contribution is 2.32. The van der Waals surface area contributed by atoms with Crippen LogP contribution in [0.5, 0.6) is 11.5 Å². The lowest BCUT2D eigenvalue weighted by Crippen LogP contribution is -2.19. The fourth-order valence-corrected chi connectivity index (χ4v) is 4.14. The molecule has 2 heterocycles. The molecule has 0 fully saturated rings. The molecule has 0 saturated heterocycles. The van der Waals surface area contributed by atoms with Gasteiger partial charge in [-0.05, 0) is 61.1 Å². The van der Waals surface area contributed by atoms with Gasteiger partial charge in [0, 0.05) is 11.4 Å². The van der Waals surface area contributed by atoms with Crippen LogP contribution in [-0.4, -0.2) is 19.1 Å². The number of carbonyl (C=O) groups is 1. The lowest BCUT2D eigenvalue weighted by molar-refractivity contribution is -0.118. The first-order chi connectivity index (χ1) is 13.6. The highest BCUT2D eigenvalue weighted by Gasteiger charge is 2.13. The van der Waals surface area contributed by atoms with Gasteiger partial charge >= 0.3 is 0 Å². The number of thiophene rings is 1. The van der Waals surface area contributed by atoms with Gasteiger partial charge in [-0.3, -0.25) is 4.79 Å². The van der Waals surface area contributed by atoms with E-state index in [1.807, 2.05) is 24.3 Å². The molecule has 28 heavy (non-hydrogen) atoms. The Morgan fingerprint density at radius 2 is 2.07 bits per heavy atom. The molecule has 0 unspecified atom stereocenters. The number of benzene rings is 2. The van der Waals surface area contributed by atoms with Crippen LogP contribution in [0, 0.1) is 13.8 Å². The minimum atomic E-state index is -0.173. The molecule has 3 aromatic rings. The Labute approximate surface area is 169 Å². The van der Waals surface area contributed by atoms with Crippen LogP contribution in [0.15, 0.2) is 47.8 Å². The molecule has 2 aromatic carbocycles. The second-order valence-electron chi connectivity index (χ2n) is 7.08. The molecule has 4 nitrogen and oxygen atoms in total. The van der Waals surface area contributed by atoms with Gasteiger partial charge in [-0.15, -0.1) is 11.3 Å². The molecule has 1 N–H and O–H groups in total. The van der Waals surface area contributed by atoms with Gasteiger partial charge in [0.05, 0.1) is 11.6 Å². The maximum absolute atomic E-state index is 12.3. The topological polar surface area (TPSA) is 47.6 Å². The first-order valence-electron chi connectivity index (χ1n) is 9.43. The third-order valence-electron chi connectivity index (χ3n) is 4.82. The van der Waals surface area contributed by atoms with Crippen LogP contribution in [0.2, 0.25) is 0 Å². The van der Waals surface area contributed by atoms with Gasteiger partial charge in [-0.1, -0.05) is 29.8 Å². The van der Waals surface area contributed by atoms with Crippen molar-refractivity contribution in [1.82, 2.24) is 0 Å². The van der Waals surface area contributed by atoms with E-state index in [9.17, 15) is 4.79 Å². The summed E-state index contributed by atoms with van der Waals surface area (Å²) in [7, 11) is 0. The minimum absolute atomic E-state index is 0.0322. The fraction of sp³-hybridized carbons (Fsp3) is 0.261. The maximum atomic E-state index is 12.3. The van der Waals surface area contributed by atoms with Gasteiger partial charge in [0.1, 0.15) is 11.5 Å². The Morgan fingerprint density at radius 1 is 1.18 bits per heavy atom. The van der Waals surface area contributed by atoms with E-state index in [0.29, 0.717) is 5.75 Å². The van der Waals surface area contributed by atoms with Gasteiger partial charge in [0.15, 0.2) is 6.61 Å². The normalized spacial score (nSPS) is 12.8. The predicted octanol–water partition coefficient (Wildman–Crippen LogP) is 5.37. The molecule has 0 bridgehead atoms. The van der Waals surface area contributed by atoms with Crippen molar-refractivity contribution in [2.75, 3.05) is 18.5 Å². The predicted molar refractivity (Wildman–Crippen MR) is 114 cm³/mol. The zero-order chi connectivity index (χ0) is 19.5. The molecular formula is C23H23NO3S. The first-order valence-corrected chi connectivity index (χ1v) is 10.3. The summed E-state index contributed by atoms with van der Waals surface area (Å²) < 4.78 is 11.3. The molecule has 0 atom stereocenters. The average Bonchev–Trinajstić information content (AvgIpc) is 3.16. The molecule has 1 aliphatic rings. The van der Waals surface area contributed by atoms with E-state index in [1.165, 1.54) is 33.6 Å². The lowest BCUT2D eigenvalue weighted by atomic mass is 10.0. The summed E-state index contributed by atoms with van der Waals surface area (Å²) in [6.45, 7) is 4.88. The second-order valence-corrected chi connectivity index (χ2v) is 7.99. The first kappa shape index (κ1) is 18.6. The number of anilines is 1. The van der Waals surface area contributed by atoms with Crippen molar-refractivity contribution >= 4 is 22.2 Å². The van der Waals surface area contributed by atoms with Crippen LogP contribution in [0.25, 0.3) is 11.1 Å². The van der Waals surface area contributed by atoms with Gasteiger partial charge in [-0.2, -0.15) is 0 Å². The number of hydrogen-bond acceptors (Lipinski definition) is 4. The number of nitrogens with one attached hydrogen (secondary N) is 1. The van der Waals surface area contributed by atoms with E-state index in [-0.39, 0.29) is 12.5 Å². The van der Waals surface area contributed by atoms with E-state index in [1.54, 1.807) is 0 Å². The molecule has 0 saturated carbocycles. The van der Waals surface area contributed by atoms with Crippen molar-refractivity contribution in [2.45, 2.75) is 26.7 Å². The Balaban J connectivity index is 1.37. The van der Waals surface area contributed by atoms with E-state index in [4.69, 9.17) is 9.47 Å². The number of aryl methyl sites for hydroxylation is 3. The highest BCUT2D eigenvalue weighted by molar-refractivity contribution is 7.14. The zero-order valence-electron chi connectivity index (χ0n) is 16.1. The summed E-state index contributed by atoms with van der Waals surface area (Å²) >= 11 is 1.52. The molecule has 1 aliphatic heterocycles. The van der Waals surface area contributed by atoms with Gasteiger partial charge < -0.3 is 14.8 Å². The smallest absolute Gasteiger partial charge is 0.262 e. The van der Waals surface area contributed by atoms with Crippen LogP contribution < -0.4 is 14.8 Å². The van der Waals surface area contributed by atoms with Crippen LogP contribution in [-0.2, 0) is 11.2 Å². The molecule has 0 radical (unpaired) electrons. The number of ether oxygens (including phenoxy) is 2. The summed E-state index contributed by atoms with van der Waals surface area (Å²) in [5.41, 5.74) is 5.95. The summed E-state index contributed by atoms with van der Waals surface area (Å²) in [4.78, 5) is 12.3. The van der Waals surface area contributed by atoms with Crippen LogP contribution in [0.4, 0.5) is 5.00 Å². The van der Waals surface area contributed by atoms with Crippen molar-refractivity contribution in [3.63, 3.8) is 0 Å². The van der Waals surface area contributed by atoms with E-state index >= 15 is 0 Å². The molecule has 5 heteroatoms. The van der Waals surface area contributed by atoms with Crippen molar-refractivity contribution in [2.24, 2.45) is 0 Å². The molecule has 0 aliphatic carbocycles. The molecule has 1 aromatic heterocycles. The van der Waals surface area contributed by atoms with Gasteiger partial charge in [-0.25, -0.2) is 0 Å². The van der Waals surface area contributed by atoms with Crippen LogP contribution >= 0.6 is 11.3 Å². The lowest BCUT2D eigenvalue weighted by Gasteiger charge is -2.17. The van der Waals surface area contributed by atoms with E-state index in [2.05, 4.69) is 42.7 Å². The van der Waals surface area contributed by atoms with Crippen molar-refractivity contribution in [3.8, 4) is 22.6 Å². The zero-order valence-corrected chi connectivity index (χ0v) is 16.9. The van der Waals surface area contributed by atoms with Gasteiger partial charge in [0.25, 0.3) is 5.91 Å². The summed E-state index contributed by atoms with van der Waals surface area (Å²) in [5.74, 6) is 1.34. The number of hydrogen-bond donors (Lipinski definition) is 1. The molecule has 0 spiro atoms. The minimum Gasteiger partial charge on any atom is -0.493 e. The SMILES string of the molecule is Cc1ccc(C)c(-c2csc(NC(=O)COc3ccc4c(c3)OCCC4)c2)c1. The summed E-state index contributed by atoms with van der Waals surface area (Å²) in [6, 6.07) is 14.2. The molecular weight excluding hydrogens is 370 g/mol.